The van der Waals surface area contributed by atoms with Crippen LogP contribution in [0.1, 0.15) is 6.42 Å². The number of ketones is 1. The third kappa shape index (κ3) is 3.70. The Hall–Kier alpha value is -2.16. The maximum absolute atomic E-state index is 11.5. The zero-order valence-corrected chi connectivity index (χ0v) is 9.97. The molecule has 1 heterocycles. The second kappa shape index (κ2) is 5.96. The quantitative estimate of drug-likeness (QED) is 0.445. The minimum Gasteiger partial charge on any atom is -0.309 e. The maximum atomic E-state index is 11.5. The average Bonchev–Trinajstić information content (AvgIpc) is 2.30. The van der Waals surface area contributed by atoms with Crippen LogP contribution in [0.5, 0.6) is 0 Å². The van der Waals surface area contributed by atoms with Crippen LogP contribution in [0.25, 0.3) is 0 Å². The van der Waals surface area contributed by atoms with Gasteiger partial charge in [0.25, 0.3) is 11.7 Å². The van der Waals surface area contributed by atoms with E-state index in [0.717, 1.165) is 0 Å². The summed E-state index contributed by atoms with van der Waals surface area (Å²) in [5.41, 5.74) is 1.81. The van der Waals surface area contributed by atoms with Crippen molar-refractivity contribution in [3.8, 4) is 0 Å². The van der Waals surface area contributed by atoms with E-state index in [9.17, 15) is 19.2 Å². The number of carbonyl (C=O) groups excluding carboxylic acids is 4. The van der Waals surface area contributed by atoms with Gasteiger partial charge in [-0.3, -0.25) is 24.5 Å². The lowest BCUT2D eigenvalue weighted by Crippen LogP contribution is -2.48. The lowest BCUT2D eigenvalue weighted by molar-refractivity contribution is -0.143. The first-order chi connectivity index (χ1) is 8.41. The number of carbonyl (C=O) groups is 4. The van der Waals surface area contributed by atoms with Crippen molar-refractivity contribution in [2.75, 3.05) is 20.6 Å². The SMILES string of the molecule is CN(C)CCC(=O)NC(=O)C1N=NNC(=O)C1=O. The Bertz CT molecular complexity index is 417. The molecule has 0 radical (unpaired) electrons. The van der Waals surface area contributed by atoms with E-state index in [1.165, 1.54) is 0 Å². The van der Waals surface area contributed by atoms with Crippen LogP contribution in [0.15, 0.2) is 10.3 Å². The number of imide groups is 1. The smallest absolute Gasteiger partial charge is 0.309 e. The van der Waals surface area contributed by atoms with Crippen LogP contribution >= 0.6 is 0 Å². The van der Waals surface area contributed by atoms with Crippen LogP contribution in [0.2, 0.25) is 0 Å². The molecule has 3 amide bonds. The van der Waals surface area contributed by atoms with Gasteiger partial charge in [-0.05, 0) is 14.1 Å². The summed E-state index contributed by atoms with van der Waals surface area (Å²) in [6.45, 7) is 0.458. The van der Waals surface area contributed by atoms with Gasteiger partial charge in [-0.15, -0.1) is 5.11 Å². The van der Waals surface area contributed by atoms with E-state index < -0.39 is 29.5 Å². The topological polar surface area (TPSA) is 120 Å². The molecule has 1 atom stereocenters. The molecule has 98 valence electrons. The normalized spacial score (nSPS) is 18.7. The average molecular weight is 255 g/mol. The molecule has 9 heteroatoms. The Labute approximate surface area is 103 Å². The van der Waals surface area contributed by atoms with Gasteiger partial charge in [0.05, 0.1) is 0 Å². The van der Waals surface area contributed by atoms with Gasteiger partial charge in [0.15, 0.2) is 0 Å². The standard InChI is InChI=1S/C9H13N5O4/c1-14(2)4-3-5(15)10-8(17)6-7(16)9(18)12-13-11-6/h6H,3-4H2,1-2H3,(H,10,15,17)(H,11,12,18). The molecule has 0 spiro atoms. The molecule has 0 saturated carbocycles. The van der Waals surface area contributed by atoms with Crippen molar-refractivity contribution in [2.45, 2.75) is 12.5 Å². The number of rotatable bonds is 4. The fraction of sp³-hybridized carbons (Fsp3) is 0.556. The van der Waals surface area contributed by atoms with Gasteiger partial charge in [0, 0.05) is 13.0 Å². The molecule has 1 unspecified atom stereocenters. The number of nitrogens with zero attached hydrogens (tertiary/aromatic N) is 3. The lowest BCUT2D eigenvalue weighted by Gasteiger charge is -2.13. The number of nitrogens with one attached hydrogen (secondary N) is 2. The Morgan fingerprint density at radius 1 is 1.39 bits per heavy atom. The molecule has 18 heavy (non-hydrogen) atoms. The van der Waals surface area contributed by atoms with Crippen molar-refractivity contribution < 1.29 is 19.2 Å². The van der Waals surface area contributed by atoms with Gasteiger partial charge in [-0.1, -0.05) is 5.22 Å². The third-order valence-electron chi connectivity index (χ3n) is 2.09. The first-order valence-electron chi connectivity index (χ1n) is 5.14. The molecule has 0 aliphatic carbocycles. The molecule has 0 aromatic rings. The lowest BCUT2D eigenvalue weighted by atomic mass is 10.1. The number of amides is 3. The first kappa shape index (κ1) is 13.9. The minimum absolute atomic E-state index is 0.100. The van der Waals surface area contributed by atoms with Crippen molar-refractivity contribution in [3.63, 3.8) is 0 Å². The predicted molar refractivity (Wildman–Crippen MR) is 58.1 cm³/mol. The van der Waals surface area contributed by atoms with Gasteiger partial charge in [-0.2, -0.15) is 0 Å². The predicted octanol–water partition coefficient (Wildman–Crippen LogP) is -1.98. The van der Waals surface area contributed by atoms with Crippen molar-refractivity contribution in [1.29, 1.82) is 0 Å². The summed E-state index contributed by atoms with van der Waals surface area (Å²) in [6.07, 6.45) is 0.100. The summed E-state index contributed by atoms with van der Waals surface area (Å²) in [7, 11) is 3.55. The van der Waals surface area contributed by atoms with Gasteiger partial charge in [-0.25, -0.2) is 5.43 Å². The molecular weight excluding hydrogens is 242 g/mol. The number of Topliss-reactive ketones (excluding diaryl/α,β-unsaturated/α-hetero) is 1. The van der Waals surface area contributed by atoms with E-state index in [4.69, 9.17) is 0 Å². The van der Waals surface area contributed by atoms with Crippen molar-refractivity contribution in [2.24, 2.45) is 10.3 Å². The van der Waals surface area contributed by atoms with Gasteiger partial charge in [0.2, 0.25) is 11.9 Å². The maximum Gasteiger partial charge on any atom is 0.311 e. The zero-order chi connectivity index (χ0) is 13.7. The zero-order valence-electron chi connectivity index (χ0n) is 9.97. The minimum atomic E-state index is -1.58. The van der Waals surface area contributed by atoms with Crippen LogP contribution in [0.4, 0.5) is 0 Å². The monoisotopic (exact) mass is 255 g/mol. The van der Waals surface area contributed by atoms with Gasteiger partial charge >= 0.3 is 5.91 Å². The molecule has 1 aliphatic rings. The van der Waals surface area contributed by atoms with Crippen LogP contribution in [-0.2, 0) is 19.2 Å². The molecule has 0 aromatic carbocycles. The molecule has 0 bridgehead atoms. The van der Waals surface area contributed by atoms with E-state index in [2.05, 4.69) is 10.3 Å². The Morgan fingerprint density at radius 3 is 2.67 bits per heavy atom. The van der Waals surface area contributed by atoms with Crippen LogP contribution in [0, 0.1) is 0 Å². The fourth-order valence-corrected chi connectivity index (χ4v) is 1.13. The van der Waals surface area contributed by atoms with E-state index in [1.807, 2.05) is 10.7 Å². The highest BCUT2D eigenvalue weighted by Crippen LogP contribution is 2.00. The number of hydrogen-bond donors (Lipinski definition) is 2. The summed E-state index contributed by atoms with van der Waals surface area (Å²) in [6, 6.07) is -1.58. The Kier molecular flexibility index (Phi) is 4.60. The van der Waals surface area contributed by atoms with Crippen molar-refractivity contribution in [3.05, 3.63) is 0 Å². The summed E-state index contributed by atoms with van der Waals surface area (Å²) in [4.78, 5) is 46.8. The molecule has 9 nitrogen and oxygen atoms in total. The van der Waals surface area contributed by atoms with E-state index in [1.54, 1.807) is 19.0 Å². The van der Waals surface area contributed by atoms with Crippen LogP contribution in [0.3, 0.4) is 0 Å². The Balaban J connectivity index is 2.52. The largest absolute Gasteiger partial charge is 0.311 e. The Morgan fingerprint density at radius 2 is 2.06 bits per heavy atom. The van der Waals surface area contributed by atoms with Crippen LogP contribution < -0.4 is 10.7 Å². The molecule has 0 fully saturated rings. The van der Waals surface area contributed by atoms with Crippen molar-refractivity contribution >= 4 is 23.5 Å². The van der Waals surface area contributed by atoms with Crippen molar-refractivity contribution in [1.82, 2.24) is 15.6 Å². The number of hydrogen-bond acceptors (Lipinski definition) is 7. The molecule has 0 aromatic heterocycles. The highest BCUT2D eigenvalue weighted by atomic mass is 16.2. The van der Waals surface area contributed by atoms with Crippen LogP contribution in [-0.4, -0.2) is 55.1 Å². The molecule has 1 aliphatic heterocycles. The molecule has 1 rings (SSSR count). The first-order valence-corrected chi connectivity index (χ1v) is 5.14. The van der Waals surface area contributed by atoms with E-state index >= 15 is 0 Å². The second-order valence-corrected chi connectivity index (χ2v) is 3.89. The molecular formula is C9H13N5O4. The highest BCUT2D eigenvalue weighted by Gasteiger charge is 2.35. The summed E-state index contributed by atoms with van der Waals surface area (Å²) in [5.74, 6) is -3.54. The highest BCUT2D eigenvalue weighted by molar-refractivity contribution is 6.42. The second-order valence-electron chi connectivity index (χ2n) is 3.89. The summed E-state index contributed by atoms with van der Waals surface area (Å²) >= 11 is 0. The van der Waals surface area contributed by atoms with Gasteiger partial charge in [0.1, 0.15) is 0 Å². The molecule has 2 N–H and O–H groups in total. The van der Waals surface area contributed by atoms with E-state index in [-0.39, 0.29) is 6.42 Å². The van der Waals surface area contributed by atoms with Gasteiger partial charge < -0.3 is 4.90 Å². The summed E-state index contributed by atoms with van der Waals surface area (Å²) < 4.78 is 0. The third-order valence-corrected chi connectivity index (χ3v) is 2.09. The summed E-state index contributed by atoms with van der Waals surface area (Å²) in [5, 5.41) is 8.39. The van der Waals surface area contributed by atoms with E-state index in [0.29, 0.717) is 6.54 Å². The molecule has 0 saturated heterocycles. The fourth-order valence-electron chi connectivity index (χ4n) is 1.13.